The largest absolute Gasteiger partial charge is 0.506 e. The van der Waals surface area contributed by atoms with Crippen LogP contribution in [0.3, 0.4) is 0 Å². The predicted octanol–water partition coefficient (Wildman–Crippen LogP) is 1.93. The molecule has 4 N–H and O–H groups in total. The van der Waals surface area contributed by atoms with Gasteiger partial charge in [-0.15, -0.1) is 0 Å². The summed E-state index contributed by atoms with van der Waals surface area (Å²) in [4.78, 5) is 15.9. The van der Waals surface area contributed by atoms with Gasteiger partial charge in [-0.05, 0) is 37.3 Å². The molecule has 0 saturated heterocycles. The highest BCUT2D eigenvalue weighted by molar-refractivity contribution is 6.04. The third-order valence-corrected chi connectivity index (χ3v) is 2.46. The van der Waals surface area contributed by atoms with Gasteiger partial charge in [0.15, 0.2) is 0 Å². The summed E-state index contributed by atoms with van der Waals surface area (Å²) in [6.45, 7) is 1.86. The summed E-state index contributed by atoms with van der Waals surface area (Å²) in [6, 6.07) is 7.92. The topological polar surface area (TPSA) is 88.2 Å². The van der Waals surface area contributed by atoms with Crippen LogP contribution in [0.25, 0.3) is 0 Å². The van der Waals surface area contributed by atoms with Gasteiger partial charge in [0.05, 0.1) is 17.6 Å². The van der Waals surface area contributed by atoms with Crippen LogP contribution in [-0.2, 0) is 0 Å². The van der Waals surface area contributed by atoms with Gasteiger partial charge >= 0.3 is 0 Å². The van der Waals surface area contributed by atoms with Gasteiger partial charge in [0.1, 0.15) is 5.75 Å². The lowest BCUT2D eigenvalue weighted by Crippen LogP contribution is -2.12. The van der Waals surface area contributed by atoms with Crippen molar-refractivity contribution in [1.82, 2.24) is 4.98 Å². The molecule has 0 fully saturated rings. The third-order valence-electron chi connectivity index (χ3n) is 2.46. The van der Waals surface area contributed by atoms with Gasteiger partial charge in [0.25, 0.3) is 5.91 Å². The number of carbonyl (C=O) groups is 1. The van der Waals surface area contributed by atoms with E-state index in [0.717, 1.165) is 5.69 Å². The number of nitrogens with two attached hydrogens (primary N) is 1. The molecule has 1 amide bonds. The number of nitrogens with one attached hydrogen (secondary N) is 1. The van der Waals surface area contributed by atoms with Crippen molar-refractivity contribution >= 4 is 17.3 Å². The van der Waals surface area contributed by atoms with E-state index in [4.69, 9.17) is 5.73 Å². The first-order valence-corrected chi connectivity index (χ1v) is 5.39. The molecule has 0 radical (unpaired) electrons. The summed E-state index contributed by atoms with van der Waals surface area (Å²) in [5.41, 5.74) is 7.51. The van der Waals surface area contributed by atoms with Gasteiger partial charge < -0.3 is 16.2 Å². The quantitative estimate of drug-likeness (QED) is 0.555. The molecule has 1 heterocycles. The van der Waals surface area contributed by atoms with Gasteiger partial charge in [-0.1, -0.05) is 0 Å². The molecule has 5 heteroatoms. The summed E-state index contributed by atoms with van der Waals surface area (Å²) in [5.74, 6) is -0.430. The molecule has 1 aromatic carbocycles. The molecule has 0 aliphatic carbocycles. The number of hydrogen-bond acceptors (Lipinski definition) is 4. The number of phenolic OH excluding ortho intramolecular Hbond substituents is 1. The van der Waals surface area contributed by atoms with E-state index in [0.29, 0.717) is 11.3 Å². The number of carbonyl (C=O) groups excluding carboxylic acids is 1. The minimum Gasteiger partial charge on any atom is -0.506 e. The Bertz CT molecular complexity index is 579. The fraction of sp³-hybridized carbons (Fsp3) is 0.0769. The number of rotatable bonds is 2. The molecule has 0 spiro atoms. The van der Waals surface area contributed by atoms with E-state index in [1.807, 2.05) is 6.92 Å². The number of phenols is 1. The molecule has 0 unspecified atom stereocenters. The lowest BCUT2D eigenvalue weighted by atomic mass is 10.1. The van der Waals surface area contributed by atoms with Gasteiger partial charge in [-0.3, -0.25) is 9.78 Å². The molecule has 0 bridgehead atoms. The van der Waals surface area contributed by atoms with Gasteiger partial charge in [0, 0.05) is 11.3 Å². The summed E-state index contributed by atoms with van der Waals surface area (Å²) < 4.78 is 0. The highest BCUT2D eigenvalue weighted by Gasteiger charge is 2.08. The van der Waals surface area contributed by atoms with Crippen molar-refractivity contribution in [3.05, 3.63) is 47.8 Å². The van der Waals surface area contributed by atoms with Crippen LogP contribution < -0.4 is 11.1 Å². The van der Waals surface area contributed by atoms with E-state index >= 15 is 0 Å². The van der Waals surface area contributed by atoms with E-state index < -0.39 is 0 Å². The van der Waals surface area contributed by atoms with Crippen LogP contribution >= 0.6 is 0 Å². The van der Waals surface area contributed by atoms with Crippen LogP contribution in [0.4, 0.5) is 11.4 Å². The molecule has 2 rings (SSSR count). The number of anilines is 2. The van der Waals surface area contributed by atoms with E-state index in [-0.39, 0.29) is 17.3 Å². The minimum atomic E-state index is -0.323. The van der Waals surface area contributed by atoms with Crippen molar-refractivity contribution in [3.63, 3.8) is 0 Å². The Hall–Kier alpha value is -2.56. The van der Waals surface area contributed by atoms with Crippen molar-refractivity contribution in [2.75, 3.05) is 11.1 Å². The predicted molar refractivity (Wildman–Crippen MR) is 69.4 cm³/mol. The fourth-order valence-electron chi connectivity index (χ4n) is 1.43. The van der Waals surface area contributed by atoms with Crippen molar-refractivity contribution in [2.45, 2.75) is 6.92 Å². The molecule has 5 nitrogen and oxygen atoms in total. The zero-order valence-corrected chi connectivity index (χ0v) is 9.84. The second-order valence-electron chi connectivity index (χ2n) is 3.92. The van der Waals surface area contributed by atoms with Crippen LogP contribution in [0.5, 0.6) is 5.75 Å². The Kier molecular flexibility index (Phi) is 3.14. The number of nitrogen functional groups attached to an aromatic ring is 1. The first-order chi connectivity index (χ1) is 8.56. The smallest absolute Gasteiger partial charge is 0.255 e. The molecule has 0 aliphatic heterocycles. The Morgan fingerprint density at radius 2 is 2.11 bits per heavy atom. The van der Waals surface area contributed by atoms with Crippen molar-refractivity contribution < 1.29 is 9.90 Å². The highest BCUT2D eigenvalue weighted by atomic mass is 16.3. The second-order valence-corrected chi connectivity index (χ2v) is 3.92. The summed E-state index contributed by atoms with van der Waals surface area (Å²) in [7, 11) is 0. The SMILES string of the molecule is Cc1ccc(NC(=O)c2ccc(N)c(O)c2)cn1. The Morgan fingerprint density at radius 1 is 1.33 bits per heavy atom. The average Bonchev–Trinajstić information content (AvgIpc) is 2.35. The molecule has 1 aromatic heterocycles. The van der Waals surface area contributed by atoms with Gasteiger partial charge in [0.2, 0.25) is 0 Å². The van der Waals surface area contributed by atoms with Crippen LogP contribution in [-0.4, -0.2) is 16.0 Å². The Morgan fingerprint density at radius 3 is 2.72 bits per heavy atom. The minimum absolute atomic E-state index is 0.107. The number of aryl methyl sites for hydroxylation is 1. The maximum atomic E-state index is 11.9. The van der Waals surface area contributed by atoms with Crippen molar-refractivity contribution in [2.24, 2.45) is 0 Å². The van der Waals surface area contributed by atoms with Crippen LogP contribution in [0.2, 0.25) is 0 Å². The number of benzene rings is 1. The van der Waals surface area contributed by atoms with Gasteiger partial charge in [-0.2, -0.15) is 0 Å². The lowest BCUT2D eigenvalue weighted by Gasteiger charge is -2.06. The molecular weight excluding hydrogens is 230 g/mol. The van der Waals surface area contributed by atoms with Crippen LogP contribution in [0.1, 0.15) is 16.1 Å². The second kappa shape index (κ2) is 4.75. The first-order valence-electron chi connectivity index (χ1n) is 5.39. The highest BCUT2D eigenvalue weighted by Crippen LogP contribution is 2.21. The normalized spacial score (nSPS) is 10.1. The maximum Gasteiger partial charge on any atom is 0.255 e. The zero-order valence-electron chi connectivity index (χ0n) is 9.84. The fourth-order valence-corrected chi connectivity index (χ4v) is 1.43. The third kappa shape index (κ3) is 2.57. The molecule has 18 heavy (non-hydrogen) atoms. The zero-order chi connectivity index (χ0) is 13.1. The van der Waals surface area contributed by atoms with E-state index in [2.05, 4.69) is 10.3 Å². The lowest BCUT2D eigenvalue weighted by molar-refractivity contribution is 0.102. The standard InChI is InChI=1S/C13H13N3O2/c1-8-2-4-10(7-15-8)16-13(18)9-3-5-11(14)12(17)6-9/h2-7,17H,14H2,1H3,(H,16,18). The molecule has 92 valence electrons. The first kappa shape index (κ1) is 11.9. The number of aromatic nitrogens is 1. The summed E-state index contributed by atoms with van der Waals surface area (Å²) in [6.07, 6.45) is 1.57. The van der Waals surface area contributed by atoms with Gasteiger partial charge in [-0.25, -0.2) is 0 Å². The van der Waals surface area contributed by atoms with Crippen LogP contribution in [0, 0.1) is 6.92 Å². The van der Waals surface area contributed by atoms with Crippen LogP contribution in [0.15, 0.2) is 36.5 Å². The summed E-state index contributed by atoms with van der Waals surface area (Å²) in [5, 5.41) is 12.1. The monoisotopic (exact) mass is 243 g/mol. The number of aromatic hydroxyl groups is 1. The molecule has 0 saturated carbocycles. The number of pyridine rings is 1. The Labute approximate surface area is 104 Å². The van der Waals surface area contributed by atoms with E-state index in [9.17, 15) is 9.90 Å². The molecule has 0 aliphatic rings. The maximum absolute atomic E-state index is 11.9. The number of amides is 1. The van der Waals surface area contributed by atoms with Crippen molar-refractivity contribution in [1.29, 1.82) is 0 Å². The molecular formula is C13H13N3O2. The van der Waals surface area contributed by atoms with E-state index in [1.54, 1.807) is 24.4 Å². The number of nitrogens with zero attached hydrogens (tertiary/aromatic N) is 1. The molecule has 0 atom stereocenters. The summed E-state index contributed by atoms with van der Waals surface area (Å²) >= 11 is 0. The Balaban J connectivity index is 2.16. The van der Waals surface area contributed by atoms with E-state index in [1.165, 1.54) is 12.1 Å². The molecule has 2 aromatic rings. The van der Waals surface area contributed by atoms with Crippen molar-refractivity contribution in [3.8, 4) is 5.75 Å². The number of hydrogen-bond donors (Lipinski definition) is 3. The average molecular weight is 243 g/mol.